The molecule has 0 aliphatic carbocycles. The van der Waals surface area contributed by atoms with Crippen LogP contribution in [0, 0.1) is 6.92 Å². The standard InChI is InChI=1S/C16H16F3NO5S/c1-3-25-26(22,23)13-6-4-10(2)8-12(13)11-5-7-14(20-15(11)21)24-9-16(17,18)19/h4-8H,3,9H2,1-2H3,(H,20,21). The topological polar surface area (TPSA) is 85.5 Å². The second-order valence-corrected chi connectivity index (χ2v) is 6.91. The number of rotatable bonds is 6. The molecule has 0 bridgehead atoms. The van der Waals surface area contributed by atoms with Gasteiger partial charge >= 0.3 is 6.18 Å². The Bertz CT molecular complexity index is 951. The van der Waals surface area contributed by atoms with Gasteiger partial charge in [0, 0.05) is 11.1 Å². The summed E-state index contributed by atoms with van der Waals surface area (Å²) in [5, 5.41) is 0. The third kappa shape index (κ3) is 4.85. The number of aryl methyl sites for hydroxylation is 1. The first-order valence-electron chi connectivity index (χ1n) is 7.47. The number of halogens is 3. The summed E-state index contributed by atoms with van der Waals surface area (Å²) in [4.78, 5) is 14.2. The second-order valence-electron chi connectivity index (χ2n) is 5.33. The highest BCUT2D eigenvalue weighted by atomic mass is 32.2. The van der Waals surface area contributed by atoms with Crippen molar-refractivity contribution in [3.05, 3.63) is 46.2 Å². The molecule has 0 aliphatic heterocycles. The lowest BCUT2D eigenvalue weighted by Gasteiger charge is -2.12. The highest BCUT2D eigenvalue weighted by molar-refractivity contribution is 7.87. The average Bonchev–Trinajstić information content (AvgIpc) is 2.52. The van der Waals surface area contributed by atoms with Gasteiger partial charge in [0.1, 0.15) is 4.90 Å². The van der Waals surface area contributed by atoms with Crippen molar-refractivity contribution in [1.29, 1.82) is 0 Å². The fourth-order valence-corrected chi connectivity index (χ4v) is 3.31. The van der Waals surface area contributed by atoms with Crippen molar-refractivity contribution in [3.8, 4) is 17.0 Å². The van der Waals surface area contributed by atoms with E-state index in [1.165, 1.54) is 25.1 Å². The van der Waals surface area contributed by atoms with Gasteiger partial charge in [0.25, 0.3) is 15.7 Å². The molecule has 2 aromatic rings. The normalized spacial score (nSPS) is 12.2. The van der Waals surface area contributed by atoms with Gasteiger partial charge in [-0.1, -0.05) is 11.6 Å². The number of aromatic amines is 1. The Balaban J connectivity index is 2.49. The molecule has 0 aliphatic rings. The third-order valence-corrected chi connectivity index (χ3v) is 4.68. The highest BCUT2D eigenvalue weighted by Gasteiger charge is 2.28. The molecule has 0 fully saturated rings. The van der Waals surface area contributed by atoms with Crippen molar-refractivity contribution in [1.82, 2.24) is 4.98 Å². The number of benzene rings is 1. The van der Waals surface area contributed by atoms with E-state index in [0.717, 1.165) is 6.07 Å². The number of aromatic nitrogens is 1. The zero-order valence-corrected chi connectivity index (χ0v) is 14.7. The van der Waals surface area contributed by atoms with E-state index in [4.69, 9.17) is 4.18 Å². The Hall–Kier alpha value is -2.33. The van der Waals surface area contributed by atoms with E-state index >= 15 is 0 Å². The van der Waals surface area contributed by atoms with Crippen LogP contribution < -0.4 is 10.3 Å². The smallest absolute Gasteiger partial charge is 0.422 e. The first-order valence-corrected chi connectivity index (χ1v) is 8.87. The van der Waals surface area contributed by atoms with Crippen molar-refractivity contribution < 1.29 is 30.5 Å². The molecular formula is C16H16F3NO5S. The van der Waals surface area contributed by atoms with E-state index in [0.29, 0.717) is 5.56 Å². The molecule has 0 amide bonds. The average molecular weight is 391 g/mol. The van der Waals surface area contributed by atoms with Crippen LogP contribution in [0.25, 0.3) is 11.1 Å². The van der Waals surface area contributed by atoms with Crippen LogP contribution in [0.15, 0.2) is 40.0 Å². The van der Waals surface area contributed by atoms with E-state index in [2.05, 4.69) is 9.72 Å². The van der Waals surface area contributed by atoms with Gasteiger partial charge in [0.05, 0.1) is 6.61 Å². The lowest BCUT2D eigenvalue weighted by molar-refractivity contribution is -0.154. The molecule has 10 heteroatoms. The number of ether oxygens (including phenoxy) is 1. The Kier molecular flexibility index (Phi) is 5.77. The van der Waals surface area contributed by atoms with Crippen molar-refractivity contribution in [2.75, 3.05) is 13.2 Å². The van der Waals surface area contributed by atoms with Crippen molar-refractivity contribution >= 4 is 10.1 Å². The molecule has 1 heterocycles. The van der Waals surface area contributed by atoms with Crippen LogP contribution in [0.1, 0.15) is 12.5 Å². The quantitative estimate of drug-likeness (QED) is 0.765. The fourth-order valence-electron chi connectivity index (χ4n) is 2.20. The van der Waals surface area contributed by atoms with Gasteiger partial charge in [-0.15, -0.1) is 0 Å². The maximum atomic E-state index is 12.3. The summed E-state index contributed by atoms with van der Waals surface area (Å²) < 4.78 is 70.3. The van der Waals surface area contributed by atoms with Gasteiger partial charge < -0.3 is 4.74 Å². The molecule has 0 atom stereocenters. The number of pyridine rings is 1. The highest BCUT2D eigenvalue weighted by Crippen LogP contribution is 2.28. The molecule has 0 saturated carbocycles. The van der Waals surface area contributed by atoms with E-state index in [1.807, 2.05) is 0 Å². The van der Waals surface area contributed by atoms with Crippen molar-refractivity contribution in [2.45, 2.75) is 24.9 Å². The number of hydrogen-bond acceptors (Lipinski definition) is 5. The van der Waals surface area contributed by atoms with Gasteiger partial charge in [0.2, 0.25) is 0 Å². The van der Waals surface area contributed by atoms with Gasteiger partial charge in [-0.05, 0) is 38.1 Å². The third-order valence-electron chi connectivity index (χ3n) is 3.24. The second kappa shape index (κ2) is 7.50. The molecule has 1 aromatic heterocycles. The van der Waals surface area contributed by atoms with Crippen molar-refractivity contribution in [3.63, 3.8) is 0 Å². The van der Waals surface area contributed by atoms with Crippen LogP contribution in [-0.2, 0) is 14.3 Å². The Morgan fingerprint density at radius 1 is 1.12 bits per heavy atom. The molecule has 0 unspecified atom stereocenters. The molecular weight excluding hydrogens is 375 g/mol. The van der Waals surface area contributed by atoms with E-state index in [9.17, 15) is 26.4 Å². The molecule has 6 nitrogen and oxygen atoms in total. The summed E-state index contributed by atoms with van der Waals surface area (Å²) in [6.07, 6.45) is -4.55. The lowest BCUT2D eigenvalue weighted by Crippen LogP contribution is -2.21. The zero-order chi connectivity index (χ0) is 19.5. The predicted molar refractivity (Wildman–Crippen MR) is 87.6 cm³/mol. The minimum absolute atomic E-state index is 0.0358. The maximum absolute atomic E-state index is 12.3. The SMILES string of the molecule is CCOS(=O)(=O)c1ccc(C)cc1-c1ccc(OCC(F)(F)F)[nH]c1=O. The molecule has 0 saturated heterocycles. The van der Waals surface area contributed by atoms with E-state index in [-0.39, 0.29) is 28.5 Å². The maximum Gasteiger partial charge on any atom is 0.422 e. The molecule has 2 rings (SSSR count). The summed E-state index contributed by atoms with van der Waals surface area (Å²) in [7, 11) is -4.10. The molecule has 1 aromatic carbocycles. The zero-order valence-electron chi connectivity index (χ0n) is 13.9. The van der Waals surface area contributed by atoms with Gasteiger partial charge in [-0.25, -0.2) is 0 Å². The minimum atomic E-state index is -4.55. The summed E-state index contributed by atoms with van der Waals surface area (Å²) >= 11 is 0. The first kappa shape index (κ1) is 20.0. The van der Waals surface area contributed by atoms with Crippen LogP contribution in [-0.4, -0.2) is 32.8 Å². The Labute approximate surface area is 147 Å². The summed E-state index contributed by atoms with van der Waals surface area (Å²) in [6.45, 7) is 1.56. The van der Waals surface area contributed by atoms with Crippen LogP contribution in [0.2, 0.25) is 0 Å². The Morgan fingerprint density at radius 2 is 1.81 bits per heavy atom. The van der Waals surface area contributed by atoms with Crippen LogP contribution in [0.5, 0.6) is 5.88 Å². The summed E-state index contributed by atoms with van der Waals surface area (Å²) in [6, 6.07) is 6.66. The fraction of sp³-hybridized carbons (Fsp3) is 0.312. The van der Waals surface area contributed by atoms with Gasteiger partial charge in [-0.2, -0.15) is 21.6 Å². The van der Waals surface area contributed by atoms with E-state index < -0.39 is 28.5 Å². The molecule has 0 spiro atoms. The van der Waals surface area contributed by atoms with Gasteiger partial charge in [0.15, 0.2) is 12.5 Å². The molecule has 0 radical (unpaired) electrons. The molecule has 26 heavy (non-hydrogen) atoms. The largest absolute Gasteiger partial charge is 0.469 e. The predicted octanol–water partition coefficient (Wildman–Crippen LogP) is 3.02. The van der Waals surface area contributed by atoms with Gasteiger partial charge in [-0.3, -0.25) is 14.0 Å². The number of hydrogen-bond donors (Lipinski definition) is 1. The van der Waals surface area contributed by atoms with E-state index in [1.54, 1.807) is 13.0 Å². The summed E-state index contributed by atoms with van der Waals surface area (Å²) in [5.41, 5.74) is -0.0520. The summed E-state index contributed by atoms with van der Waals surface area (Å²) in [5.74, 6) is -0.377. The number of H-pyrrole nitrogens is 1. The first-order chi connectivity index (χ1) is 12.0. The monoisotopic (exact) mass is 391 g/mol. The lowest BCUT2D eigenvalue weighted by atomic mass is 10.1. The van der Waals surface area contributed by atoms with Crippen LogP contribution in [0.3, 0.4) is 0 Å². The molecule has 1 N–H and O–H groups in total. The van der Waals surface area contributed by atoms with Crippen molar-refractivity contribution in [2.24, 2.45) is 0 Å². The minimum Gasteiger partial charge on any atom is -0.469 e. The Morgan fingerprint density at radius 3 is 2.38 bits per heavy atom. The number of nitrogens with one attached hydrogen (secondary N) is 1. The van der Waals surface area contributed by atoms with Crippen LogP contribution >= 0.6 is 0 Å². The molecule has 142 valence electrons. The number of alkyl halides is 3. The van der Waals surface area contributed by atoms with Crippen LogP contribution in [0.4, 0.5) is 13.2 Å².